The molecule has 2 aromatic rings. The molecule has 19 heavy (non-hydrogen) atoms. The molecular formula is C15H17N3S. The van der Waals surface area contributed by atoms with Gasteiger partial charge in [-0.05, 0) is 36.6 Å². The fraction of sp³-hybridized carbons (Fsp3) is 0.333. The van der Waals surface area contributed by atoms with Crippen molar-refractivity contribution in [2.75, 3.05) is 0 Å². The van der Waals surface area contributed by atoms with Crippen molar-refractivity contribution in [2.45, 2.75) is 36.1 Å². The maximum absolute atomic E-state index is 4.23. The van der Waals surface area contributed by atoms with E-state index in [1.54, 1.807) is 24.2 Å². The lowest BCUT2D eigenvalue weighted by atomic mass is 10.2. The molecule has 0 spiro atoms. The van der Waals surface area contributed by atoms with Crippen LogP contribution < -0.4 is 5.32 Å². The van der Waals surface area contributed by atoms with Gasteiger partial charge >= 0.3 is 0 Å². The molecule has 0 bridgehead atoms. The molecule has 98 valence electrons. The third kappa shape index (κ3) is 4.04. The highest BCUT2D eigenvalue weighted by atomic mass is 32.2. The second-order valence-electron chi connectivity index (χ2n) is 4.75. The molecule has 1 aliphatic rings. The Balaban J connectivity index is 1.50. The molecule has 0 atom stereocenters. The van der Waals surface area contributed by atoms with Gasteiger partial charge in [-0.25, -0.2) is 9.97 Å². The molecule has 1 fully saturated rings. The number of hydrogen-bond acceptors (Lipinski definition) is 4. The third-order valence-electron chi connectivity index (χ3n) is 3.08. The topological polar surface area (TPSA) is 37.8 Å². The molecule has 0 amide bonds. The largest absolute Gasteiger partial charge is 0.310 e. The fourth-order valence-corrected chi connectivity index (χ4v) is 2.58. The molecular weight excluding hydrogens is 254 g/mol. The van der Waals surface area contributed by atoms with E-state index in [-0.39, 0.29) is 0 Å². The van der Waals surface area contributed by atoms with Crippen molar-refractivity contribution >= 4 is 11.8 Å². The van der Waals surface area contributed by atoms with Crippen LogP contribution in [0.3, 0.4) is 0 Å². The minimum Gasteiger partial charge on any atom is -0.310 e. The number of benzene rings is 1. The highest BCUT2D eigenvalue weighted by molar-refractivity contribution is 7.98. The first-order valence-corrected chi connectivity index (χ1v) is 7.60. The zero-order valence-corrected chi connectivity index (χ0v) is 11.6. The van der Waals surface area contributed by atoms with Crippen LogP contribution in [0.2, 0.25) is 0 Å². The second kappa shape index (κ2) is 6.17. The number of nitrogens with zero attached hydrogens (tertiary/aromatic N) is 2. The van der Waals surface area contributed by atoms with E-state index in [0.29, 0.717) is 0 Å². The SMILES string of the molecule is c1cnc(CSc2ccc(CNC3CC3)cc2)nc1. The average Bonchev–Trinajstić information content (AvgIpc) is 3.29. The number of nitrogens with one attached hydrogen (secondary N) is 1. The van der Waals surface area contributed by atoms with E-state index in [9.17, 15) is 0 Å². The van der Waals surface area contributed by atoms with Crippen LogP contribution in [0, 0.1) is 0 Å². The van der Waals surface area contributed by atoms with Crippen LogP contribution in [0.5, 0.6) is 0 Å². The molecule has 4 heteroatoms. The summed E-state index contributed by atoms with van der Waals surface area (Å²) < 4.78 is 0. The lowest BCUT2D eigenvalue weighted by molar-refractivity contribution is 0.687. The molecule has 0 aliphatic heterocycles. The summed E-state index contributed by atoms with van der Waals surface area (Å²) in [5, 5.41) is 3.52. The summed E-state index contributed by atoms with van der Waals surface area (Å²) in [6.45, 7) is 0.984. The molecule has 3 nitrogen and oxygen atoms in total. The van der Waals surface area contributed by atoms with Gasteiger partial charge in [-0.15, -0.1) is 11.8 Å². The summed E-state index contributed by atoms with van der Waals surface area (Å²) in [6, 6.07) is 11.4. The van der Waals surface area contributed by atoms with Gasteiger partial charge in [-0.3, -0.25) is 0 Å². The molecule has 1 saturated carbocycles. The van der Waals surface area contributed by atoms with Crippen molar-refractivity contribution < 1.29 is 0 Å². The second-order valence-corrected chi connectivity index (χ2v) is 5.80. The molecule has 0 saturated heterocycles. The Hall–Kier alpha value is -1.39. The van der Waals surface area contributed by atoms with Crippen LogP contribution in [0.1, 0.15) is 24.2 Å². The lowest BCUT2D eigenvalue weighted by Gasteiger charge is -2.05. The molecule has 1 aromatic carbocycles. The summed E-state index contributed by atoms with van der Waals surface area (Å²) in [6.07, 6.45) is 6.25. The Morgan fingerprint density at radius 3 is 2.53 bits per heavy atom. The summed E-state index contributed by atoms with van der Waals surface area (Å²) in [5.74, 6) is 1.70. The lowest BCUT2D eigenvalue weighted by Crippen LogP contribution is -2.14. The zero-order valence-electron chi connectivity index (χ0n) is 10.7. The monoisotopic (exact) mass is 271 g/mol. The Bertz CT molecular complexity index is 509. The highest BCUT2D eigenvalue weighted by Gasteiger charge is 2.19. The van der Waals surface area contributed by atoms with Crippen molar-refractivity contribution in [3.8, 4) is 0 Å². The smallest absolute Gasteiger partial charge is 0.138 e. The Kier molecular flexibility index (Phi) is 4.10. The summed E-state index contributed by atoms with van der Waals surface area (Å²) in [5.41, 5.74) is 1.35. The summed E-state index contributed by atoms with van der Waals surface area (Å²) in [7, 11) is 0. The van der Waals surface area contributed by atoms with Gasteiger partial charge in [0.15, 0.2) is 0 Å². The number of aromatic nitrogens is 2. The first kappa shape index (κ1) is 12.6. The molecule has 0 radical (unpaired) electrons. The van der Waals surface area contributed by atoms with Crippen molar-refractivity contribution in [3.63, 3.8) is 0 Å². The maximum atomic E-state index is 4.23. The first-order chi connectivity index (χ1) is 9.40. The number of hydrogen-bond donors (Lipinski definition) is 1. The average molecular weight is 271 g/mol. The van der Waals surface area contributed by atoms with Crippen molar-refractivity contribution in [3.05, 3.63) is 54.1 Å². The van der Waals surface area contributed by atoms with Crippen LogP contribution in [0.15, 0.2) is 47.6 Å². The van der Waals surface area contributed by atoms with Crippen LogP contribution in [0.25, 0.3) is 0 Å². The third-order valence-corrected chi connectivity index (χ3v) is 4.09. The standard InChI is InChI=1S/C15H17N3S/c1-8-16-15(17-9-1)11-19-14-6-2-12(3-7-14)10-18-13-4-5-13/h1-3,6-9,13,18H,4-5,10-11H2. The van der Waals surface area contributed by atoms with Gasteiger partial charge in [0, 0.05) is 29.9 Å². The minimum atomic E-state index is 0.768. The minimum absolute atomic E-state index is 0.768. The molecule has 3 rings (SSSR count). The zero-order chi connectivity index (χ0) is 12.9. The maximum Gasteiger partial charge on any atom is 0.138 e. The van der Waals surface area contributed by atoms with E-state index in [2.05, 4.69) is 39.6 Å². The molecule has 1 N–H and O–H groups in total. The van der Waals surface area contributed by atoms with Crippen molar-refractivity contribution in [1.82, 2.24) is 15.3 Å². The van der Waals surface area contributed by atoms with E-state index >= 15 is 0 Å². The predicted octanol–water partition coefficient (Wildman–Crippen LogP) is 3.02. The van der Waals surface area contributed by atoms with Gasteiger partial charge in [0.1, 0.15) is 5.82 Å². The van der Waals surface area contributed by atoms with Crippen molar-refractivity contribution in [2.24, 2.45) is 0 Å². The number of rotatable bonds is 6. The van der Waals surface area contributed by atoms with E-state index in [1.807, 2.05) is 6.07 Å². The predicted molar refractivity (Wildman–Crippen MR) is 77.9 cm³/mol. The van der Waals surface area contributed by atoms with Gasteiger partial charge in [-0.2, -0.15) is 0 Å². The van der Waals surface area contributed by atoms with Gasteiger partial charge < -0.3 is 5.32 Å². The molecule has 1 heterocycles. The summed E-state index contributed by atoms with van der Waals surface area (Å²) >= 11 is 1.77. The van der Waals surface area contributed by atoms with Gasteiger partial charge in [-0.1, -0.05) is 12.1 Å². The number of thioether (sulfide) groups is 1. The Labute approximate surface area is 117 Å². The van der Waals surface area contributed by atoms with Gasteiger partial charge in [0.25, 0.3) is 0 Å². The fourth-order valence-electron chi connectivity index (χ4n) is 1.81. The van der Waals surface area contributed by atoms with Gasteiger partial charge in [0.05, 0.1) is 5.75 Å². The Morgan fingerprint density at radius 1 is 1.11 bits per heavy atom. The van der Waals surface area contributed by atoms with Crippen LogP contribution in [-0.4, -0.2) is 16.0 Å². The van der Waals surface area contributed by atoms with Gasteiger partial charge in [0.2, 0.25) is 0 Å². The normalized spacial score (nSPS) is 14.5. The van der Waals surface area contributed by atoms with Crippen molar-refractivity contribution in [1.29, 1.82) is 0 Å². The van der Waals surface area contributed by atoms with E-state index in [0.717, 1.165) is 24.2 Å². The van der Waals surface area contributed by atoms with E-state index in [1.165, 1.54) is 23.3 Å². The van der Waals surface area contributed by atoms with Crippen LogP contribution in [0.4, 0.5) is 0 Å². The van der Waals surface area contributed by atoms with E-state index < -0.39 is 0 Å². The molecule has 1 aliphatic carbocycles. The van der Waals surface area contributed by atoms with E-state index in [4.69, 9.17) is 0 Å². The molecule has 0 unspecified atom stereocenters. The highest BCUT2D eigenvalue weighted by Crippen LogP contribution is 2.22. The molecule has 1 aromatic heterocycles. The summed E-state index contributed by atoms with van der Waals surface area (Å²) in [4.78, 5) is 9.72. The van der Waals surface area contributed by atoms with Crippen LogP contribution in [-0.2, 0) is 12.3 Å². The van der Waals surface area contributed by atoms with Crippen LogP contribution >= 0.6 is 11.8 Å². The first-order valence-electron chi connectivity index (χ1n) is 6.61. The quantitative estimate of drug-likeness (QED) is 0.820. The Morgan fingerprint density at radius 2 is 1.84 bits per heavy atom.